The van der Waals surface area contributed by atoms with Crippen LogP contribution in [0, 0.1) is 0 Å². The molecule has 0 saturated heterocycles. The minimum absolute atomic E-state index is 0.230. The van der Waals surface area contributed by atoms with Crippen molar-refractivity contribution in [1.29, 1.82) is 0 Å². The quantitative estimate of drug-likeness (QED) is 0.390. The van der Waals surface area contributed by atoms with Gasteiger partial charge in [-0.05, 0) is 0 Å². The minimum atomic E-state index is 0.230. The molecule has 0 aliphatic rings. The summed E-state index contributed by atoms with van der Waals surface area (Å²) in [6, 6.07) is 0. The van der Waals surface area contributed by atoms with Gasteiger partial charge in [0.1, 0.15) is 7.28 Å². The largest absolute Gasteiger partial charge is 0.405 e. The maximum Gasteiger partial charge on any atom is 0.144 e. The van der Waals surface area contributed by atoms with E-state index < -0.39 is 0 Å². The molecule has 2 heteroatoms. The van der Waals surface area contributed by atoms with E-state index in [1.807, 2.05) is 7.28 Å². The SMILES string of the molecule is CCC[B]CO. The van der Waals surface area contributed by atoms with E-state index in [0.29, 0.717) is 0 Å². The lowest BCUT2D eigenvalue weighted by molar-refractivity contribution is 0.365. The third kappa shape index (κ3) is 4.02. The molecule has 0 spiro atoms. The molecule has 6 heavy (non-hydrogen) atoms. The smallest absolute Gasteiger partial charge is 0.144 e. The normalized spacial score (nSPS) is 8.33. The second-order valence-electron chi connectivity index (χ2n) is 1.26. The predicted molar refractivity (Wildman–Crippen MR) is 27.9 cm³/mol. The molecule has 0 aromatic rings. The van der Waals surface area contributed by atoms with E-state index in [0.717, 1.165) is 12.7 Å². The van der Waals surface area contributed by atoms with Crippen LogP contribution < -0.4 is 0 Å². The summed E-state index contributed by atoms with van der Waals surface area (Å²) in [7, 11) is 1.86. The van der Waals surface area contributed by atoms with Crippen LogP contribution in [-0.2, 0) is 0 Å². The van der Waals surface area contributed by atoms with E-state index in [9.17, 15) is 0 Å². The Balaban J connectivity index is 2.34. The highest BCUT2D eigenvalue weighted by Crippen LogP contribution is 1.81. The average molecular weight is 84.9 g/mol. The third-order valence-electron chi connectivity index (χ3n) is 0.622. The van der Waals surface area contributed by atoms with Gasteiger partial charge < -0.3 is 5.11 Å². The van der Waals surface area contributed by atoms with E-state index in [1.165, 1.54) is 0 Å². The highest BCUT2D eigenvalue weighted by Gasteiger charge is 1.80. The van der Waals surface area contributed by atoms with E-state index in [2.05, 4.69) is 6.92 Å². The minimum Gasteiger partial charge on any atom is -0.405 e. The van der Waals surface area contributed by atoms with Crippen LogP contribution in [0.5, 0.6) is 0 Å². The molecule has 1 nitrogen and oxygen atoms in total. The van der Waals surface area contributed by atoms with Crippen molar-refractivity contribution in [2.24, 2.45) is 0 Å². The summed E-state index contributed by atoms with van der Waals surface area (Å²) >= 11 is 0. The first-order valence-corrected chi connectivity index (χ1v) is 2.34. The molecule has 0 aromatic carbocycles. The maximum atomic E-state index is 8.14. The molecule has 1 N–H and O–H groups in total. The molecule has 0 aliphatic heterocycles. The van der Waals surface area contributed by atoms with E-state index in [1.54, 1.807) is 0 Å². The molecule has 0 aliphatic carbocycles. The molecule has 1 radical (unpaired) electrons. The van der Waals surface area contributed by atoms with E-state index >= 15 is 0 Å². The van der Waals surface area contributed by atoms with Crippen LogP contribution in [0.2, 0.25) is 6.32 Å². The van der Waals surface area contributed by atoms with Crippen molar-refractivity contribution >= 4 is 7.28 Å². The Morgan fingerprint density at radius 1 is 1.67 bits per heavy atom. The van der Waals surface area contributed by atoms with Gasteiger partial charge in [-0.1, -0.05) is 19.7 Å². The first-order chi connectivity index (χ1) is 2.91. The lowest BCUT2D eigenvalue weighted by Gasteiger charge is -1.83. The molecule has 0 saturated carbocycles. The fraction of sp³-hybridized carbons (Fsp3) is 1.00. The van der Waals surface area contributed by atoms with E-state index in [-0.39, 0.29) is 6.51 Å². The molecule has 0 fully saturated rings. The summed E-state index contributed by atoms with van der Waals surface area (Å²) in [5.41, 5.74) is 0. The Morgan fingerprint density at radius 2 is 2.33 bits per heavy atom. The third-order valence-corrected chi connectivity index (χ3v) is 0.622. The summed E-state index contributed by atoms with van der Waals surface area (Å²) in [6.07, 6.45) is 2.18. The summed E-state index contributed by atoms with van der Waals surface area (Å²) in [5.74, 6) is 0. The summed E-state index contributed by atoms with van der Waals surface area (Å²) in [5, 5.41) is 8.14. The predicted octanol–water partition coefficient (Wildman–Crippen LogP) is 0.469. The van der Waals surface area contributed by atoms with Crippen LogP contribution in [0.15, 0.2) is 0 Å². The summed E-state index contributed by atoms with van der Waals surface area (Å²) in [4.78, 5) is 0. The number of rotatable bonds is 3. The second-order valence-corrected chi connectivity index (χ2v) is 1.26. The van der Waals surface area contributed by atoms with Crippen LogP contribution in [0.4, 0.5) is 0 Å². The molecular formula is C4H10BO. The van der Waals surface area contributed by atoms with Crippen molar-refractivity contribution in [3.05, 3.63) is 0 Å². The van der Waals surface area contributed by atoms with Crippen LogP contribution in [0.3, 0.4) is 0 Å². The molecule has 0 heterocycles. The van der Waals surface area contributed by atoms with Crippen molar-refractivity contribution in [1.82, 2.24) is 0 Å². The Kier molecular flexibility index (Phi) is 5.05. The van der Waals surface area contributed by atoms with Gasteiger partial charge in [0.25, 0.3) is 0 Å². The van der Waals surface area contributed by atoms with Gasteiger partial charge >= 0.3 is 0 Å². The maximum absolute atomic E-state index is 8.14. The highest BCUT2D eigenvalue weighted by molar-refractivity contribution is 6.34. The van der Waals surface area contributed by atoms with Crippen molar-refractivity contribution in [2.75, 3.05) is 6.51 Å². The fourth-order valence-corrected chi connectivity index (χ4v) is 0.295. The van der Waals surface area contributed by atoms with Crippen LogP contribution in [0.1, 0.15) is 13.3 Å². The van der Waals surface area contributed by atoms with Gasteiger partial charge in [0.15, 0.2) is 0 Å². The summed E-state index contributed by atoms with van der Waals surface area (Å²) in [6.45, 7) is 2.32. The van der Waals surface area contributed by atoms with Crippen molar-refractivity contribution < 1.29 is 5.11 Å². The number of aliphatic hydroxyl groups excluding tert-OH is 1. The van der Waals surface area contributed by atoms with Crippen molar-refractivity contribution in [3.8, 4) is 0 Å². The number of aliphatic hydroxyl groups is 1. The highest BCUT2D eigenvalue weighted by atomic mass is 16.2. The second kappa shape index (κ2) is 5.02. The van der Waals surface area contributed by atoms with Crippen molar-refractivity contribution in [2.45, 2.75) is 19.7 Å². The molecule has 0 aromatic heterocycles. The fourth-order valence-electron chi connectivity index (χ4n) is 0.295. The number of hydrogen-bond donors (Lipinski definition) is 1. The monoisotopic (exact) mass is 85.1 g/mol. The van der Waals surface area contributed by atoms with Crippen LogP contribution in [0.25, 0.3) is 0 Å². The van der Waals surface area contributed by atoms with Gasteiger partial charge in [-0.2, -0.15) is 0 Å². The van der Waals surface area contributed by atoms with Gasteiger partial charge in [0, 0.05) is 6.51 Å². The van der Waals surface area contributed by atoms with Crippen molar-refractivity contribution in [3.63, 3.8) is 0 Å². The van der Waals surface area contributed by atoms with E-state index in [4.69, 9.17) is 5.11 Å². The van der Waals surface area contributed by atoms with Gasteiger partial charge in [0.05, 0.1) is 0 Å². The Bertz CT molecular complexity index is 19.5. The summed E-state index contributed by atoms with van der Waals surface area (Å²) < 4.78 is 0. The Morgan fingerprint density at radius 3 is 2.50 bits per heavy atom. The standard InChI is InChI=1S/C4H10BO/c1-2-3-5-4-6/h6H,2-4H2,1H3. The van der Waals surface area contributed by atoms with Gasteiger partial charge in [-0.25, -0.2) is 0 Å². The van der Waals surface area contributed by atoms with Gasteiger partial charge in [-0.3, -0.25) is 0 Å². The molecule has 0 amide bonds. The molecule has 0 atom stereocenters. The molecular weight excluding hydrogens is 74.9 g/mol. The zero-order valence-corrected chi connectivity index (χ0v) is 4.15. The molecule has 0 bridgehead atoms. The Hall–Kier alpha value is 0.0249. The zero-order chi connectivity index (χ0) is 4.83. The molecule has 0 unspecified atom stereocenters. The average Bonchev–Trinajstić information content (AvgIpc) is 1.61. The van der Waals surface area contributed by atoms with Gasteiger partial charge in [0.2, 0.25) is 0 Å². The first-order valence-electron chi connectivity index (χ1n) is 2.34. The molecule has 0 rings (SSSR count). The number of hydrogen-bond acceptors (Lipinski definition) is 1. The van der Waals surface area contributed by atoms with Gasteiger partial charge in [-0.15, -0.1) is 0 Å². The topological polar surface area (TPSA) is 20.2 Å². The lowest BCUT2D eigenvalue weighted by Crippen LogP contribution is -1.93. The van der Waals surface area contributed by atoms with Crippen LogP contribution >= 0.6 is 0 Å². The zero-order valence-electron chi connectivity index (χ0n) is 4.15. The first kappa shape index (κ1) is 6.02. The lowest BCUT2D eigenvalue weighted by atomic mass is 9.75. The molecule has 35 valence electrons. The van der Waals surface area contributed by atoms with Crippen LogP contribution in [-0.4, -0.2) is 18.9 Å². The Labute approximate surface area is 39.6 Å².